The average molecular weight is 332 g/mol. The van der Waals surface area contributed by atoms with Crippen LogP contribution in [-0.2, 0) is 6.42 Å². The molecule has 0 saturated heterocycles. The summed E-state index contributed by atoms with van der Waals surface area (Å²) >= 11 is 3.52. The number of hydrogen-bond acceptors (Lipinski definition) is 2. The van der Waals surface area contributed by atoms with Crippen LogP contribution in [0.25, 0.3) is 0 Å². The number of benzene rings is 2. The van der Waals surface area contributed by atoms with Gasteiger partial charge in [0.25, 0.3) is 0 Å². The van der Waals surface area contributed by atoms with Crippen LogP contribution in [0, 0.1) is 6.92 Å². The summed E-state index contributed by atoms with van der Waals surface area (Å²) in [7, 11) is 1.71. The van der Waals surface area contributed by atoms with Crippen LogP contribution in [-0.4, -0.2) is 7.11 Å². The van der Waals surface area contributed by atoms with Gasteiger partial charge in [0.2, 0.25) is 0 Å². The van der Waals surface area contributed by atoms with E-state index in [4.69, 9.17) is 4.74 Å². The molecule has 0 aromatic heterocycles. The minimum atomic E-state index is 0.369. The molecule has 2 nitrogen and oxygen atoms in total. The fraction of sp³-hybridized carbons (Fsp3) is 0.294. The number of nitrogens with one attached hydrogen (secondary N) is 1. The molecule has 1 atom stereocenters. The Kier molecular flexibility index (Phi) is 3.70. The van der Waals surface area contributed by atoms with Crippen molar-refractivity contribution in [2.75, 3.05) is 12.4 Å². The van der Waals surface area contributed by atoms with E-state index in [9.17, 15) is 0 Å². The molecule has 0 aliphatic heterocycles. The zero-order chi connectivity index (χ0) is 14.1. The predicted octanol–water partition coefficient (Wildman–Crippen LogP) is 4.87. The van der Waals surface area contributed by atoms with E-state index in [1.807, 2.05) is 12.1 Å². The van der Waals surface area contributed by atoms with Crippen LogP contribution in [0.2, 0.25) is 0 Å². The van der Waals surface area contributed by atoms with Crippen LogP contribution in [0.15, 0.2) is 40.9 Å². The first-order valence-electron chi connectivity index (χ1n) is 6.87. The summed E-state index contributed by atoms with van der Waals surface area (Å²) in [6, 6.07) is 13.2. The van der Waals surface area contributed by atoms with Crippen molar-refractivity contribution in [3.8, 4) is 5.75 Å². The number of rotatable bonds is 3. The van der Waals surface area contributed by atoms with Crippen molar-refractivity contribution in [1.29, 1.82) is 0 Å². The molecular weight excluding hydrogens is 314 g/mol. The Balaban J connectivity index is 1.91. The molecule has 1 aliphatic carbocycles. The molecule has 104 valence electrons. The Morgan fingerprint density at radius 2 is 2.05 bits per heavy atom. The summed E-state index contributed by atoms with van der Waals surface area (Å²) in [5, 5.41) is 3.63. The van der Waals surface area contributed by atoms with Gasteiger partial charge in [-0.2, -0.15) is 0 Å². The van der Waals surface area contributed by atoms with Gasteiger partial charge in [0.1, 0.15) is 5.75 Å². The first-order chi connectivity index (χ1) is 9.67. The number of ether oxygens (including phenoxy) is 1. The fourth-order valence-corrected chi connectivity index (χ4v) is 3.21. The maximum absolute atomic E-state index is 5.44. The summed E-state index contributed by atoms with van der Waals surface area (Å²) in [5.74, 6) is 0.884. The maximum atomic E-state index is 5.44. The molecule has 2 aromatic rings. The van der Waals surface area contributed by atoms with Crippen LogP contribution < -0.4 is 10.1 Å². The van der Waals surface area contributed by atoms with Crippen LogP contribution in [0.1, 0.15) is 29.2 Å². The third-order valence-electron chi connectivity index (χ3n) is 3.87. The van der Waals surface area contributed by atoms with Crippen molar-refractivity contribution in [2.45, 2.75) is 25.8 Å². The van der Waals surface area contributed by atoms with Gasteiger partial charge in [-0.25, -0.2) is 0 Å². The molecule has 2 aromatic carbocycles. The topological polar surface area (TPSA) is 21.3 Å². The largest absolute Gasteiger partial charge is 0.495 e. The van der Waals surface area contributed by atoms with E-state index in [1.54, 1.807) is 7.11 Å². The van der Waals surface area contributed by atoms with E-state index >= 15 is 0 Å². The van der Waals surface area contributed by atoms with Crippen LogP contribution >= 0.6 is 15.9 Å². The van der Waals surface area contributed by atoms with Gasteiger partial charge in [-0.15, -0.1) is 0 Å². The minimum absolute atomic E-state index is 0.369. The Hall–Kier alpha value is -1.48. The molecular formula is C17H18BrNO. The van der Waals surface area contributed by atoms with E-state index < -0.39 is 0 Å². The summed E-state index contributed by atoms with van der Waals surface area (Å²) in [4.78, 5) is 0. The Morgan fingerprint density at radius 3 is 2.85 bits per heavy atom. The van der Waals surface area contributed by atoms with E-state index in [2.05, 4.69) is 52.4 Å². The van der Waals surface area contributed by atoms with Gasteiger partial charge < -0.3 is 10.1 Å². The van der Waals surface area contributed by atoms with Crippen molar-refractivity contribution in [2.24, 2.45) is 0 Å². The van der Waals surface area contributed by atoms with Crippen molar-refractivity contribution in [1.82, 2.24) is 0 Å². The highest BCUT2D eigenvalue weighted by molar-refractivity contribution is 9.10. The number of fused-ring (bicyclic) bond motifs is 1. The molecule has 1 unspecified atom stereocenters. The second-order valence-corrected chi connectivity index (χ2v) is 6.20. The highest BCUT2D eigenvalue weighted by atomic mass is 79.9. The van der Waals surface area contributed by atoms with Crippen molar-refractivity contribution in [3.63, 3.8) is 0 Å². The highest BCUT2D eigenvalue weighted by Gasteiger charge is 2.23. The third kappa shape index (κ3) is 2.55. The highest BCUT2D eigenvalue weighted by Crippen LogP contribution is 2.37. The maximum Gasteiger partial charge on any atom is 0.142 e. The number of methoxy groups -OCH3 is 1. The standard InChI is InChI=1S/C17H18BrNO/c1-11-3-4-12-5-7-15(14(12)9-11)19-16-10-13(18)6-8-17(16)20-2/h3-4,6,8-10,15,19H,5,7H2,1-2H3. The fourth-order valence-electron chi connectivity index (χ4n) is 2.85. The second-order valence-electron chi connectivity index (χ2n) is 5.28. The van der Waals surface area contributed by atoms with Crippen molar-refractivity contribution >= 4 is 21.6 Å². The van der Waals surface area contributed by atoms with Crippen LogP contribution in [0.4, 0.5) is 5.69 Å². The predicted molar refractivity (Wildman–Crippen MR) is 86.6 cm³/mol. The van der Waals surface area contributed by atoms with Crippen molar-refractivity contribution < 1.29 is 4.74 Å². The lowest BCUT2D eigenvalue weighted by atomic mass is 10.0. The number of aryl methyl sites for hydroxylation is 2. The molecule has 0 fully saturated rings. The van der Waals surface area contributed by atoms with Gasteiger partial charge in [0.15, 0.2) is 0 Å². The molecule has 1 aliphatic rings. The quantitative estimate of drug-likeness (QED) is 0.866. The molecule has 20 heavy (non-hydrogen) atoms. The summed E-state index contributed by atoms with van der Waals surface area (Å²) in [6.45, 7) is 2.15. The molecule has 0 spiro atoms. The Labute approximate surface area is 128 Å². The Morgan fingerprint density at radius 1 is 1.20 bits per heavy atom. The van der Waals surface area contributed by atoms with E-state index in [0.29, 0.717) is 6.04 Å². The lowest BCUT2D eigenvalue weighted by molar-refractivity contribution is 0.416. The molecule has 0 bridgehead atoms. The summed E-state index contributed by atoms with van der Waals surface area (Å²) in [5.41, 5.74) is 5.24. The van der Waals surface area contributed by atoms with E-state index in [-0.39, 0.29) is 0 Å². The smallest absolute Gasteiger partial charge is 0.142 e. The molecule has 1 N–H and O–H groups in total. The number of halogens is 1. The number of anilines is 1. The van der Waals surface area contributed by atoms with Crippen molar-refractivity contribution in [3.05, 3.63) is 57.6 Å². The van der Waals surface area contributed by atoms with E-state index in [0.717, 1.165) is 28.8 Å². The van der Waals surface area contributed by atoms with Gasteiger partial charge in [-0.3, -0.25) is 0 Å². The van der Waals surface area contributed by atoms with Crippen LogP contribution in [0.3, 0.4) is 0 Å². The van der Waals surface area contributed by atoms with Gasteiger partial charge >= 0.3 is 0 Å². The third-order valence-corrected chi connectivity index (χ3v) is 4.36. The summed E-state index contributed by atoms with van der Waals surface area (Å²) < 4.78 is 6.50. The lowest BCUT2D eigenvalue weighted by Crippen LogP contribution is -2.08. The zero-order valence-corrected chi connectivity index (χ0v) is 13.3. The number of hydrogen-bond donors (Lipinski definition) is 1. The molecule has 0 amide bonds. The molecule has 0 saturated carbocycles. The lowest BCUT2D eigenvalue weighted by Gasteiger charge is -2.18. The first kappa shape index (κ1) is 13.5. The average Bonchev–Trinajstić information content (AvgIpc) is 2.82. The van der Waals surface area contributed by atoms with Gasteiger partial charge in [0.05, 0.1) is 18.8 Å². The molecule has 0 heterocycles. The summed E-state index contributed by atoms with van der Waals surface area (Å²) in [6.07, 6.45) is 2.28. The second kappa shape index (κ2) is 5.49. The van der Waals surface area contributed by atoms with Gasteiger partial charge in [-0.05, 0) is 49.1 Å². The zero-order valence-electron chi connectivity index (χ0n) is 11.7. The first-order valence-corrected chi connectivity index (χ1v) is 7.66. The Bertz CT molecular complexity index is 639. The normalized spacial score (nSPS) is 16.9. The molecule has 3 rings (SSSR count). The minimum Gasteiger partial charge on any atom is -0.495 e. The van der Waals surface area contributed by atoms with Gasteiger partial charge in [-0.1, -0.05) is 39.7 Å². The van der Waals surface area contributed by atoms with Gasteiger partial charge in [0, 0.05) is 4.47 Å². The van der Waals surface area contributed by atoms with E-state index in [1.165, 1.54) is 16.7 Å². The van der Waals surface area contributed by atoms with Crippen LogP contribution in [0.5, 0.6) is 5.75 Å². The SMILES string of the molecule is COc1ccc(Br)cc1NC1CCc2ccc(C)cc21. The monoisotopic (exact) mass is 331 g/mol. The molecule has 0 radical (unpaired) electrons. The molecule has 3 heteroatoms.